The highest BCUT2D eigenvalue weighted by atomic mass is 35.5. The Morgan fingerprint density at radius 2 is 2.20 bits per heavy atom. The fraction of sp³-hybridized carbons (Fsp3) is 0.222. The highest BCUT2D eigenvalue weighted by Crippen LogP contribution is 2.20. The number of amides is 1. The van der Waals surface area contributed by atoms with Gasteiger partial charge in [-0.3, -0.25) is 14.9 Å². The lowest BCUT2D eigenvalue weighted by molar-refractivity contribution is -0.384. The highest BCUT2D eigenvalue weighted by molar-refractivity contribution is 6.31. The van der Waals surface area contributed by atoms with Gasteiger partial charge in [0, 0.05) is 29.3 Å². The van der Waals surface area contributed by atoms with Crippen molar-refractivity contribution < 1.29 is 9.72 Å². The van der Waals surface area contributed by atoms with Crippen molar-refractivity contribution in [2.75, 3.05) is 6.54 Å². The molecule has 0 fully saturated rings. The first-order valence-corrected chi connectivity index (χ1v) is 4.65. The van der Waals surface area contributed by atoms with Crippen molar-refractivity contribution in [1.82, 2.24) is 5.32 Å². The number of halogens is 1. The fourth-order valence-electron chi connectivity index (χ4n) is 1.07. The van der Waals surface area contributed by atoms with Crippen LogP contribution in [0.5, 0.6) is 0 Å². The van der Waals surface area contributed by atoms with E-state index in [0.717, 1.165) is 0 Å². The van der Waals surface area contributed by atoms with Crippen LogP contribution in [0.15, 0.2) is 18.2 Å². The van der Waals surface area contributed by atoms with E-state index in [1.807, 2.05) is 0 Å². The topological polar surface area (TPSA) is 72.2 Å². The zero-order valence-electron chi connectivity index (χ0n) is 7.99. The van der Waals surface area contributed by atoms with Crippen LogP contribution >= 0.6 is 11.6 Å². The Balaban J connectivity index is 3.09. The molecular formula is C9H9ClN2O3. The minimum Gasteiger partial charge on any atom is -0.352 e. The summed E-state index contributed by atoms with van der Waals surface area (Å²) in [5, 5.41) is 13.2. The average molecular weight is 229 g/mol. The van der Waals surface area contributed by atoms with E-state index < -0.39 is 4.92 Å². The fourth-order valence-corrected chi connectivity index (χ4v) is 1.30. The van der Waals surface area contributed by atoms with Crippen molar-refractivity contribution in [3.05, 3.63) is 38.9 Å². The van der Waals surface area contributed by atoms with Crippen LogP contribution in [0.4, 0.5) is 5.69 Å². The second-order valence-electron chi connectivity index (χ2n) is 2.81. The summed E-state index contributed by atoms with van der Waals surface area (Å²) >= 11 is 5.65. The van der Waals surface area contributed by atoms with E-state index in [4.69, 9.17) is 11.6 Å². The van der Waals surface area contributed by atoms with Gasteiger partial charge in [-0.2, -0.15) is 0 Å². The van der Waals surface area contributed by atoms with Crippen molar-refractivity contribution in [3.8, 4) is 0 Å². The molecule has 80 valence electrons. The molecular weight excluding hydrogens is 220 g/mol. The molecule has 1 N–H and O–H groups in total. The molecule has 0 aromatic heterocycles. The monoisotopic (exact) mass is 228 g/mol. The van der Waals surface area contributed by atoms with Gasteiger partial charge in [-0.05, 0) is 13.0 Å². The van der Waals surface area contributed by atoms with Crippen molar-refractivity contribution in [1.29, 1.82) is 0 Å². The summed E-state index contributed by atoms with van der Waals surface area (Å²) in [5.41, 5.74) is -0.000182. The maximum atomic E-state index is 11.4. The molecule has 1 aromatic rings. The molecule has 0 atom stereocenters. The molecule has 1 amide bonds. The molecule has 0 aliphatic heterocycles. The third-order valence-electron chi connectivity index (χ3n) is 1.69. The average Bonchev–Trinajstić information content (AvgIpc) is 2.17. The molecule has 0 saturated carbocycles. The Kier molecular flexibility index (Phi) is 3.62. The molecule has 0 saturated heterocycles. The zero-order valence-corrected chi connectivity index (χ0v) is 8.75. The number of carbonyl (C=O) groups excluding carboxylic acids is 1. The van der Waals surface area contributed by atoms with E-state index in [9.17, 15) is 14.9 Å². The smallest absolute Gasteiger partial charge is 0.271 e. The number of benzene rings is 1. The molecule has 1 aromatic carbocycles. The number of nitro groups is 1. The lowest BCUT2D eigenvalue weighted by Crippen LogP contribution is -2.22. The molecule has 0 heterocycles. The predicted molar refractivity (Wildman–Crippen MR) is 56.1 cm³/mol. The molecule has 1 rings (SSSR count). The largest absolute Gasteiger partial charge is 0.352 e. The van der Waals surface area contributed by atoms with Gasteiger partial charge in [0.2, 0.25) is 0 Å². The molecule has 0 bridgehead atoms. The summed E-state index contributed by atoms with van der Waals surface area (Å²) in [7, 11) is 0. The number of rotatable bonds is 3. The van der Waals surface area contributed by atoms with Crippen LogP contribution < -0.4 is 5.32 Å². The van der Waals surface area contributed by atoms with Crippen LogP contribution in [0.3, 0.4) is 0 Å². The van der Waals surface area contributed by atoms with E-state index >= 15 is 0 Å². The molecule has 0 spiro atoms. The van der Waals surface area contributed by atoms with Gasteiger partial charge >= 0.3 is 0 Å². The summed E-state index contributed by atoms with van der Waals surface area (Å²) in [6.45, 7) is 2.22. The third kappa shape index (κ3) is 2.92. The maximum absolute atomic E-state index is 11.4. The van der Waals surface area contributed by atoms with Crippen LogP contribution in [0, 0.1) is 10.1 Å². The summed E-state index contributed by atoms with van der Waals surface area (Å²) in [6.07, 6.45) is 0. The normalized spacial score (nSPS) is 9.73. The van der Waals surface area contributed by atoms with Gasteiger partial charge in [0.05, 0.1) is 4.92 Å². The van der Waals surface area contributed by atoms with Crippen LogP contribution in [-0.2, 0) is 0 Å². The van der Waals surface area contributed by atoms with Gasteiger partial charge in [0.15, 0.2) is 0 Å². The van der Waals surface area contributed by atoms with Crippen molar-refractivity contribution in [3.63, 3.8) is 0 Å². The number of nitro benzene ring substituents is 1. The van der Waals surface area contributed by atoms with E-state index in [0.29, 0.717) is 6.54 Å². The van der Waals surface area contributed by atoms with Gasteiger partial charge in [0.25, 0.3) is 11.6 Å². The van der Waals surface area contributed by atoms with Gasteiger partial charge in [0.1, 0.15) is 0 Å². The number of non-ortho nitro benzene ring substituents is 1. The predicted octanol–water partition coefficient (Wildman–Crippen LogP) is 2.00. The lowest BCUT2D eigenvalue weighted by Gasteiger charge is -2.02. The standard InChI is InChI=1S/C9H9ClN2O3/c1-2-11-9(13)6-3-7(10)5-8(4-6)12(14)15/h3-5H,2H2,1H3,(H,11,13). The van der Waals surface area contributed by atoms with E-state index in [-0.39, 0.29) is 22.2 Å². The Morgan fingerprint density at radius 3 is 2.73 bits per heavy atom. The summed E-state index contributed by atoms with van der Waals surface area (Å²) < 4.78 is 0. The molecule has 0 radical (unpaired) electrons. The second kappa shape index (κ2) is 4.75. The van der Waals surface area contributed by atoms with E-state index in [1.54, 1.807) is 6.92 Å². The number of nitrogens with one attached hydrogen (secondary N) is 1. The molecule has 15 heavy (non-hydrogen) atoms. The molecule has 0 aliphatic carbocycles. The van der Waals surface area contributed by atoms with Crippen LogP contribution in [0.1, 0.15) is 17.3 Å². The zero-order chi connectivity index (χ0) is 11.4. The van der Waals surface area contributed by atoms with Crippen molar-refractivity contribution >= 4 is 23.2 Å². The van der Waals surface area contributed by atoms with E-state index in [2.05, 4.69) is 5.32 Å². The first kappa shape index (κ1) is 11.5. The minimum atomic E-state index is -0.589. The Bertz CT molecular complexity index is 406. The van der Waals surface area contributed by atoms with Gasteiger partial charge in [-0.25, -0.2) is 0 Å². The van der Waals surface area contributed by atoms with Crippen LogP contribution in [0.2, 0.25) is 5.02 Å². The highest BCUT2D eigenvalue weighted by Gasteiger charge is 2.12. The minimum absolute atomic E-state index is 0.172. The molecule has 5 nitrogen and oxygen atoms in total. The van der Waals surface area contributed by atoms with Gasteiger partial charge in [-0.1, -0.05) is 11.6 Å². The SMILES string of the molecule is CCNC(=O)c1cc(Cl)cc([N+](=O)[O-])c1. The number of hydrogen-bond donors (Lipinski definition) is 1. The Morgan fingerprint density at radius 1 is 1.53 bits per heavy atom. The summed E-state index contributed by atoms with van der Waals surface area (Å²) in [5.74, 6) is -0.372. The summed E-state index contributed by atoms with van der Waals surface area (Å²) in [6, 6.07) is 3.78. The first-order valence-electron chi connectivity index (χ1n) is 4.27. The number of hydrogen-bond acceptors (Lipinski definition) is 3. The molecule has 6 heteroatoms. The Hall–Kier alpha value is -1.62. The third-order valence-corrected chi connectivity index (χ3v) is 1.91. The van der Waals surface area contributed by atoms with Gasteiger partial charge in [-0.15, -0.1) is 0 Å². The van der Waals surface area contributed by atoms with Gasteiger partial charge < -0.3 is 5.32 Å². The Labute approximate surface area is 91.2 Å². The summed E-state index contributed by atoms with van der Waals surface area (Å²) in [4.78, 5) is 21.3. The van der Waals surface area contributed by atoms with Crippen molar-refractivity contribution in [2.45, 2.75) is 6.92 Å². The van der Waals surface area contributed by atoms with Crippen LogP contribution in [-0.4, -0.2) is 17.4 Å². The molecule has 0 aliphatic rings. The van der Waals surface area contributed by atoms with Crippen molar-refractivity contribution in [2.24, 2.45) is 0 Å². The maximum Gasteiger partial charge on any atom is 0.271 e. The van der Waals surface area contributed by atoms with Crippen LogP contribution in [0.25, 0.3) is 0 Å². The second-order valence-corrected chi connectivity index (χ2v) is 3.25. The lowest BCUT2D eigenvalue weighted by atomic mass is 10.2. The quantitative estimate of drug-likeness (QED) is 0.635. The number of carbonyl (C=O) groups is 1. The first-order chi connectivity index (χ1) is 7.04. The number of nitrogens with zero attached hydrogens (tertiary/aromatic N) is 1. The van der Waals surface area contributed by atoms with E-state index in [1.165, 1.54) is 18.2 Å². The molecule has 0 unspecified atom stereocenters.